The predicted molar refractivity (Wildman–Crippen MR) is 105 cm³/mol. The molecule has 0 radical (unpaired) electrons. The molecule has 0 aliphatic rings. The predicted octanol–water partition coefficient (Wildman–Crippen LogP) is 4.76. The van der Waals surface area contributed by atoms with Gasteiger partial charge in [-0.1, -0.05) is 61.3 Å². The van der Waals surface area contributed by atoms with Crippen LogP contribution in [0, 0.1) is 5.92 Å². The fourth-order valence-corrected chi connectivity index (χ4v) is 3.03. The van der Waals surface area contributed by atoms with Crippen molar-refractivity contribution >= 4 is 35.0 Å². The number of hydrazine groups is 1. The number of carbonyl (C=O) groups excluding carboxylic acids is 2. The molecule has 0 fully saturated rings. The summed E-state index contributed by atoms with van der Waals surface area (Å²) in [7, 11) is 0. The summed E-state index contributed by atoms with van der Waals surface area (Å²) in [5.41, 5.74) is 7.18. The first-order valence-electron chi connectivity index (χ1n) is 8.42. The molecule has 0 aliphatic carbocycles. The van der Waals surface area contributed by atoms with Gasteiger partial charge in [0.15, 0.2) is 0 Å². The first kappa shape index (κ1) is 20.3. The zero-order valence-electron chi connectivity index (χ0n) is 15.0. The second-order valence-electron chi connectivity index (χ2n) is 6.63. The van der Waals surface area contributed by atoms with Crippen LogP contribution in [0.3, 0.4) is 0 Å². The summed E-state index contributed by atoms with van der Waals surface area (Å²) in [4.78, 5) is 24.4. The molecule has 2 aromatic rings. The molecule has 1 atom stereocenters. The third kappa shape index (κ3) is 5.48. The van der Waals surface area contributed by atoms with Crippen LogP contribution in [0.4, 0.5) is 0 Å². The molecule has 0 aromatic heterocycles. The molecule has 138 valence electrons. The number of amides is 2. The van der Waals surface area contributed by atoms with Crippen LogP contribution in [-0.4, -0.2) is 11.8 Å². The molecule has 2 aromatic carbocycles. The number of carbonyl (C=O) groups is 2. The minimum Gasteiger partial charge on any atom is -0.273 e. The van der Waals surface area contributed by atoms with Crippen LogP contribution >= 0.6 is 23.2 Å². The van der Waals surface area contributed by atoms with Gasteiger partial charge in [-0.2, -0.15) is 0 Å². The summed E-state index contributed by atoms with van der Waals surface area (Å²) in [6.07, 6.45) is 0.999. The molecular formula is C20H22Cl2N2O2. The molecule has 0 heterocycles. The Hall–Kier alpha value is -2.04. The maximum atomic E-state index is 12.3. The highest BCUT2D eigenvalue weighted by Gasteiger charge is 2.17. The monoisotopic (exact) mass is 392 g/mol. The zero-order chi connectivity index (χ0) is 19.3. The Kier molecular flexibility index (Phi) is 7.06. The second kappa shape index (κ2) is 9.06. The Morgan fingerprint density at radius 2 is 1.62 bits per heavy atom. The van der Waals surface area contributed by atoms with Crippen LogP contribution in [0.25, 0.3) is 0 Å². The maximum Gasteiger partial charge on any atom is 0.271 e. The van der Waals surface area contributed by atoms with E-state index in [1.807, 2.05) is 24.3 Å². The zero-order valence-corrected chi connectivity index (χ0v) is 16.5. The molecule has 26 heavy (non-hydrogen) atoms. The van der Waals surface area contributed by atoms with E-state index in [0.29, 0.717) is 10.9 Å². The third-order valence-corrected chi connectivity index (χ3v) is 4.54. The quantitative estimate of drug-likeness (QED) is 0.720. The molecule has 0 bridgehead atoms. The number of rotatable bonds is 5. The van der Waals surface area contributed by atoms with Gasteiger partial charge >= 0.3 is 0 Å². The molecule has 0 aliphatic heterocycles. The first-order chi connectivity index (χ1) is 12.3. The largest absolute Gasteiger partial charge is 0.273 e. The summed E-state index contributed by atoms with van der Waals surface area (Å²) >= 11 is 11.8. The third-order valence-electron chi connectivity index (χ3n) is 3.99. The molecule has 4 nitrogen and oxygen atoms in total. The molecule has 1 unspecified atom stereocenters. The Labute approximate surface area is 163 Å². The van der Waals surface area contributed by atoms with Crippen LogP contribution in [0.1, 0.15) is 48.2 Å². The van der Waals surface area contributed by atoms with Gasteiger partial charge in [-0.15, -0.1) is 0 Å². The number of benzene rings is 2. The van der Waals surface area contributed by atoms with Crippen LogP contribution < -0.4 is 10.9 Å². The van der Waals surface area contributed by atoms with Gasteiger partial charge in [0.2, 0.25) is 5.91 Å². The van der Waals surface area contributed by atoms with Gasteiger partial charge in [-0.05, 0) is 48.6 Å². The average molecular weight is 393 g/mol. The topological polar surface area (TPSA) is 58.2 Å². The van der Waals surface area contributed by atoms with Gasteiger partial charge in [0.05, 0.1) is 16.5 Å². The minimum absolute atomic E-state index is 0.220. The van der Waals surface area contributed by atoms with E-state index in [1.165, 1.54) is 17.7 Å². The first-order valence-corrected chi connectivity index (χ1v) is 9.17. The van der Waals surface area contributed by atoms with Crippen LogP contribution in [-0.2, 0) is 11.2 Å². The lowest BCUT2D eigenvalue weighted by molar-refractivity contribution is -0.123. The van der Waals surface area contributed by atoms with Gasteiger partial charge in [0, 0.05) is 5.02 Å². The van der Waals surface area contributed by atoms with E-state index in [1.54, 1.807) is 13.0 Å². The average Bonchev–Trinajstić information content (AvgIpc) is 2.59. The Balaban J connectivity index is 1.95. The molecule has 6 heteroatoms. The standard InChI is InChI=1S/C20H22Cl2N2O2/c1-12(2)10-14-4-6-15(7-5-14)13(3)19(25)23-24-20(26)17-9-8-16(21)11-18(17)22/h4-9,11-13H,10H2,1-3H3,(H,23,25)(H,24,26). The van der Waals surface area contributed by atoms with E-state index in [0.717, 1.165) is 12.0 Å². The Bertz CT molecular complexity index is 789. The summed E-state index contributed by atoms with van der Waals surface area (Å²) in [5.74, 6) is -0.625. The number of hydrogen-bond acceptors (Lipinski definition) is 2. The van der Waals surface area contributed by atoms with Crippen molar-refractivity contribution in [3.8, 4) is 0 Å². The Morgan fingerprint density at radius 1 is 0.962 bits per heavy atom. The summed E-state index contributed by atoms with van der Waals surface area (Å²) in [6, 6.07) is 12.5. The molecule has 0 saturated heterocycles. The van der Waals surface area contributed by atoms with E-state index in [4.69, 9.17) is 23.2 Å². The number of hydrogen-bond donors (Lipinski definition) is 2. The number of halogens is 2. The molecule has 0 saturated carbocycles. The van der Waals surface area contributed by atoms with Crippen LogP contribution in [0.5, 0.6) is 0 Å². The van der Waals surface area contributed by atoms with Crippen molar-refractivity contribution in [2.45, 2.75) is 33.1 Å². The maximum absolute atomic E-state index is 12.3. The highest BCUT2D eigenvalue weighted by molar-refractivity contribution is 6.36. The SMILES string of the molecule is CC(C)Cc1ccc(C(C)C(=O)NNC(=O)c2ccc(Cl)cc2Cl)cc1. The highest BCUT2D eigenvalue weighted by Crippen LogP contribution is 2.21. The highest BCUT2D eigenvalue weighted by atomic mass is 35.5. The van der Waals surface area contributed by atoms with Gasteiger partial charge in [-0.3, -0.25) is 20.4 Å². The van der Waals surface area contributed by atoms with E-state index in [2.05, 4.69) is 24.7 Å². The lowest BCUT2D eigenvalue weighted by Gasteiger charge is -2.14. The van der Waals surface area contributed by atoms with Crippen molar-refractivity contribution in [3.63, 3.8) is 0 Å². The van der Waals surface area contributed by atoms with Crippen molar-refractivity contribution in [2.75, 3.05) is 0 Å². The van der Waals surface area contributed by atoms with E-state index < -0.39 is 11.8 Å². The lowest BCUT2D eigenvalue weighted by atomic mass is 9.96. The summed E-state index contributed by atoms with van der Waals surface area (Å²) < 4.78 is 0. The van der Waals surface area contributed by atoms with E-state index in [9.17, 15) is 9.59 Å². The molecular weight excluding hydrogens is 371 g/mol. The van der Waals surface area contributed by atoms with Gasteiger partial charge in [-0.25, -0.2) is 0 Å². The normalized spacial score (nSPS) is 11.9. The Morgan fingerprint density at radius 3 is 2.19 bits per heavy atom. The van der Waals surface area contributed by atoms with E-state index >= 15 is 0 Å². The molecule has 2 amide bonds. The summed E-state index contributed by atoms with van der Waals surface area (Å²) in [6.45, 7) is 6.12. The molecule has 2 N–H and O–H groups in total. The fourth-order valence-electron chi connectivity index (χ4n) is 2.53. The number of nitrogens with one attached hydrogen (secondary N) is 2. The molecule has 0 spiro atoms. The smallest absolute Gasteiger partial charge is 0.271 e. The fraction of sp³-hybridized carbons (Fsp3) is 0.300. The lowest BCUT2D eigenvalue weighted by Crippen LogP contribution is -2.43. The van der Waals surface area contributed by atoms with Crippen LogP contribution in [0.2, 0.25) is 10.0 Å². The summed E-state index contributed by atoms with van der Waals surface area (Å²) in [5, 5.41) is 0.656. The van der Waals surface area contributed by atoms with E-state index in [-0.39, 0.29) is 16.5 Å². The van der Waals surface area contributed by atoms with Gasteiger partial charge in [0.25, 0.3) is 5.91 Å². The van der Waals surface area contributed by atoms with Crippen molar-refractivity contribution in [1.82, 2.24) is 10.9 Å². The van der Waals surface area contributed by atoms with Crippen molar-refractivity contribution in [1.29, 1.82) is 0 Å². The minimum atomic E-state index is -0.500. The van der Waals surface area contributed by atoms with Gasteiger partial charge in [0.1, 0.15) is 0 Å². The molecule has 2 rings (SSSR count). The van der Waals surface area contributed by atoms with Gasteiger partial charge < -0.3 is 0 Å². The van der Waals surface area contributed by atoms with Crippen LogP contribution in [0.15, 0.2) is 42.5 Å². The second-order valence-corrected chi connectivity index (χ2v) is 7.47. The van der Waals surface area contributed by atoms with Crippen molar-refractivity contribution < 1.29 is 9.59 Å². The van der Waals surface area contributed by atoms with Crippen molar-refractivity contribution in [3.05, 3.63) is 69.2 Å². The van der Waals surface area contributed by atoms with Crippen molar-refractivity contribution in [2.24, 2.45) is 5.92 Å².